The Morgan fingerprint density at radius 1 is 1.12 bits per heavy atom. The Labute approximate surface area is 99.5 Å². The highest BCUT2D eigenvalue weighted by Gasteiger charge is 2.57. The molecule has 1 N–H and O–H groups in total. The first-order chi connectivity index (χ1) is 8.05. The SMILES string of the molecule is COC1=C(OC)C(O)(c2ccc(C)cc2)C1=O. The van der Waals surface area contributed by atoms with Gasteiger partial charge in [0.15, 0.2) is 5.76 Å². The van der Waals surface area contributed by atoms with Gasteiger partial charge in [0, 0.05) is 0 Å². The summed E-state index contributed by atoms with van der Waals surface area (Å²) in [6.45, 7) is 1.93. The molecule has 4 nitrogen and oxygen atoms in total. The van der Waals surface area contributed by atoms with Crippen molar-refractivity contribution in [3.05, 3.63) is 46.9 Å². The molecule has 1 aliphatic rings. The predicted molar refractivity (Wildman–Crippen MR) is 61.1 cm³/mol. The van der Waals surface area contributed by atoms with Gasteiger partial charge in [-0.1, -0.05) is 29.8 Å². The highest BCUT2D eigenvalue weighted by molar-refractivity contribution is 6.10. The van der Waals surface area contributed by atoms with Gasteiger partial charge < -0.3 is 14.6 Å². The zero-order chi connectivity index (χ0) is 12.6. The van der Waals surface area contributed by atoms with Crippen molar-refractivity contribution in [2.24, 2.45) is 0 Å². The van der Waals surface area contributed by atoms with Crippen molar-refractivity contribution in [1.29, 1.82) is 0 Å². The maximum absolute atomic E-state index is 11.9. The molecule has 0 spiro atoms. The summed E-state index contributed by atoms with van der Waals surface area (Å²) in [4.78, 5) is 11.9. The number of aliphatic hydroxyl groups is 1. The number of hydrogen-bond donors (Lipinski definition) is 1. The van der Waals surface area contributed by atoms with Gasteiger partial charge in [-0.25, -0.2) is 0 Å². The highest BCUT2D eigenvalue weighted by atomic mass is 16.5. The fourth-order valence-electron chi connectivity index (χ4n) is 1.96. The van der Waals surface area contributed by atoms with Gasteiger partial charge in [0.25, 0.3) is 0 Å². The summed E-state index contributed by atoms with van der Waals surface area (Å²) in [5.74, 6) is -0.231. The first kappa shape index (κ1) is 11.7. The number of carbonyl (C=O) groups excluding carboxylic acids is 1. The van der Waals surface area contributed by atoms with E-state index in [0.717, 1.165) is 5.56 Å². The molecule has 1 aromatic carbocycles. The minimum Gasteiger partial charge on any atom is -0.493 e. The summed E-state index contributed by atoms with van der Waals surface area (Å²) in [7, 11) is 2.78. The second kappa shape index (κ2) is 3.89. The molecule has 1 aromatic rings. The Hall–Kier alpha value is -1.81. The molecular weight excluding hydrogens is 220 g/mol. The maximum atomic E-state index is 11.9. The monoisotopic (exact) mass is 234 g/mol. The molecule has 0 aliphatic heterocycles. The molecule has 2 rings (SSSR count). The van der Waals surface area contributed by atoms with Crippen LogP contribution < -0.4 is 0 Å². The lowest BCUT2D eigenvalue weighted by Gasteiger charge is -2.37. The van der Waals surface area contributed by atoms with Crippen molar-refractivity contribution < 1.29 is 19.4 Å². The number of rotatable bonds is 3. The van der Waals surface area contributed by atoms with E-state index >= 15 is 0 Å². The topological polar surface area (TPSA) is 55.8 Å². The summed E-state index contributed by atoms with van der Waals surface area (Å²) in [5.41, 5.74) is -0.155. The number of benzene rings is 1. The van der Waals surface area contributed by atoms with Gasteiger partial charge in [-0.3, -0.25) is 4.79 Å². The predicted octanol–water partition coefficient (Wildman–Crippen LogP) is 1.27. The summed E-state index contributed by atoms with van der Waals surface area (Å²) in [5, 5.41) is 10.4. The van der Waals surface area contributed by atoms with E-state index in [4.69, 9.17) is 9.47 Å². The second-order valence-electron chi connectivity index (χ2n) is 3.97. The van der Waals surface area contributed by atoms with E-state index < -0.39 is 11.4 Å². The molecular formula is C13H14O4. The first-order valence-corrected chi connectivity index (χ1v) is 5.22. The van der Waals surface area contributed by atoms with E-state index in [0.29, 0.717) is 5.56 Å². The molecule has 0 saturated carbocycles. The number of ketones is 1. The van der Waals surface area contributed by atoms with Gasteiger partial charge in [-0.15, -0.1) is 0 Å². The van der Waals surface area contributed by atoms with Gasteiger partial charge in [0.2, 0.25) is 17.1 Å². The van der Waals surface area contributed by atoms with Gasteiger partial charge in [0.05, 0.1) is 14.2 Å². The molecule has 0 heterocycles. The third-order valence-corrected chi connectivity index (χ3v) is 2.95. The molecule has 17 heavy (non-hydrogen) atoms. The zero-order valence-corrected chi connectivity index (χ0v) is 9.98. The normalized spacial score (nSPS) is 23.4. The van der Waals surface area contributed by atoms with Gasteiger partial charge >= 0.3 is 0 Å². The van der Waals surface area contributed by atoms with E-state index in [9.17, 15) is 9.90 Å². The lowest BCUT2D eigenvalue weighted by atomic mass is 9.77. The Morgan fingerprint density at radius 3 is 2.18 bits per heavy atom. The molecule has 90 valence electrons. The smallest absolute Gasteiger partial charge is 0.245 e. The van der Waals surface area contributed by atoms with Crippen LogP contribution in [0.4, 0.5) is 0 Å². The zero-order valence-electron chi connectivity index (χ0n) is 9.98. The van der Waals surface area contributed by atoms with E-state index in [1.165, 1.54) is 14.2 Å². The third-order valence-electron chi connectivity index (χ3n) is 2.95. The molecule has 0 radical (unpaired) electrons. The fourth-order valence-corrected chi connectivity index (χ4v) is 1.96. The number of aryl methyl sites for hydroxylation is 1. The summed E-state index contributed by atoms with van der Waals surface area (Å²) in [6, 6.07) is 7.08. The molecule has 0 bridgehead atoms. The van der Waals surface area contributed by atoms with E-state index in [1.807, 2.05) is 19.1 Å². The van der Waals surface area contributed by atoms with E-state index in [2.05, 4.69) is 0 Å². The Bertz CT molecular complexity index is 487. The average Bonchev–Trinajstić information content (AvgIpc) is 2.34. The van der Waals surface area contributed by atoms with Crippen molar-refractivity contribution in [1.82, 2.24) is 0 Å². The lowest BCUT2D eigenvalue weighted by Crippen LogP contribution is -2.49. The van der Waals surface area contributed by atoms with Crippen LogP contribution >= 0.6 is 0 Å². The second-order valence-corrected chi connectivity index (χ2v) is 3.97. The van der Waals surface area contributed by atoms with Gasteiger partial charge in [-0.05, 0) is 12.5 Å². The van der Waals surface area contributed by atoms with Gasteiger partial charge in [0.1, 0.15) is 0 Å². The molecule has 1 unspecified atom stereocenters. The molecule has 0 saturated heterocycles. The van der Waals surface area contributed by atoms with Crippen LogP contribution in [-0.4, -0.2) is 25.1 Å². The lowest BCUT2D eigenvalue weighted by molar-refractivity contribution is -0.146. The molecule has 1 aliphatic carbocycles. The number of methoxy groups -OCH3 is 2. The number of ether oxygens (including phenoxy) is 2. The van der Waals surface area contributed by atoms with Crippen LogP contribution in [0, 0.1) is 6.92 Å². The molecule has 0 fully saturated rings. The third kappa shape index (κ3) is 1.45. The van der Waals surface area contributed by atoms with Gasteiger partial charge in [-0.2, -0.15) is 0 Å². The Kier molecular flexibility index (Phi) is 2.67. The van der Waals surface area contributed by atoms with Crippen LogP contribution in [0.25, 0.3) is 0 Å². The van der Waals surface area contributed by atoms with E-state index in [-0.39, 0.29) is 11.5 Å². The average molecular weight is 234 g/mol. The van der Waals surface area contributed by atoms with Crippen LogP contribution in [0.3, 0.4) is 0 Å². The fraction of sp³-hybridized carbons (Fsp3) is 0.308. The van der Waals surface area contributed by atoms with Crippen LogP contribution in [0.5, 0.6) is 0 Å². The Balaban J connectivity index is 2.49. The first-order valence-electron chi connectivity index (χ1n) is 5.22. The summed E-state index contributed by atoms with van der Waals surface area (Å²) < 4.78 is 9.93. The van der Waals surface area contributed by atoms with Crippen LogP contribution in [-0.2, 0) is 19.9 Å². The highest BCUT2D eigenvalue weighted by Crippen LogP contribution is 2.43. The molecule has 4 heteroatoms. The van der Waals surface area contributed by atoms with Crippen LogP contribution in [0.2, 0.25) is 0 Å². The van der Waals surface area contributed by atoms with Crippen LogP contribution in [0.1, 0.15) is 11.1 Å². The standard InChI is InChI=1S/C13H14O4/c1-8-4-6-9(7-5-8)13(15)11(14)10(16-2)12(13)17-3/h4-7,15H,1-3H3. The number of carbonyl (C=O) groups is 1. The van der Waals surface area contributed by atoms with Crippen molar-refractivity contribution in [2.75, 3.05) is 14.2 Å². The summed E-state index contributed by atoms with van der Waals surface area (Å²) in [6.07, 6.45) is 0. The van der Waals surface area contributed by atoms with Crippen molar-refractivity contribution in [3.63, 3.8) is 0 Å². The maximum Gasteiger partial charge on any atom is 0.245 e. The number of Topliss-reactive ketones (excluding diaryl/α,β-unsaturated/α-hetero) is 1. The van der Waals surface area contributed by atoms with Crippen molar-refractivity contribution in [3.8, 4) is 0 Å². The number of hydrogen-bond acceptors (Lipinski definition) is 4. The quantitative estimate of drug-likeness (QED) is 0.855. The minimum atomic E-state index is -1.70. The largest absolute Gasteiger partial charge is 0.493 e. The molecule has 1 atom stereocenters. The summed E-state index contributed by atoms with van der Waals surface area (Å²) >= 11 is 0. The Morgan fingerprint density at radius 2 is 1.71 bits per heavy atom. The van der Waals surface area contributed by atoms with Crippen LogP contribution in [0.15, 0.2) is 35.8 Å². The minimum absolute atomic E-state index is 0.0792. The van der Waals surface area contributed by atoms with Crippen molar-refractivity contribution in [2.45, 2.75) is 12.5 Å². The molecule has 0 amide bonds. The molecule has 0 aromatic heterocycles. The van der Waals surface area contributed by atoms with E-state index in [1.54, 1.807) is 12.1 Å². The van der Waals surface area contributed by atoms with Crippen molar-refractivity contribution >= 4 is 5.78 Å².